The number of aliphatic imine (C=N–C) groups is 1. The Labute approximate surface area is 121 Å². The van der Waals surface area contributed by atoms with E-state index < -0.39 is 15.7 Å². The van der Waals surface area contributed by atoms with Crippen LogP contribution in [0.5, 0.6) is 0 Å². The normalized spacial score (nSPS) is 16.2. The van der Waals surface area contributed by atoms with Crippen LogP contribution in [0.4, 0.5) is 0 Å². The number of carbonyl (C=O) groups is 1. The van der Waals surface area contributed by atoms with Gasteiger partial charge in [0.1, 0.15) is 0 Å². The number of rotatable bonds is 2. The summed E-state index contributed by atoms with van der Waals surface area (Å²) in [4.78, 5) is 16.4. The van der Waals surface area contributed by atoms with Crippen LogP contribution in [0.2, 0.25) is 0 Å². The molecule has 0 atom stereocenters. The van der Waals surface area contributed by atoms with Crippen molar-refractivity contribution in [3.8, 4) is 0 Å². The van der Waals surface area contributed by atoms with E-state index in [0.717, 1.165) is 5.56 Å². The highest BCUT2D eigenvalue weighted by atomic mass is 32.2. The Morgan fingerprint density at radius 2 is 2.10 bits per heavy atom. The summed E-state index contributed by atoms with van der Waals surface area (Å²) in [6.07, 6.45) is 0.592. The standard InChI is InChI=1S/C12H15N3O3S2/c1-2-7-5-9-10(20(17,18)4-3-19-9)6-8(7)11(16)15-12(13)14/h5-6H,2-4H2,1H3,(H4,13,14,15,16). The molecule has 0 fully saturated rings. The number of fused-ring (bicyclic) bond motifs is 1. The van der Waals surface area contributed by atoms with E-state index in [4.69, 9.17) is 11.5 Å². The van der Waals surface area contributed by atoms with Gasteiger partial charge < -0.3 is 11.5 Å². The van der Waals surface area contributed by atoms with Gasteiger partial charge in [0, 0.05) is 16.2 Å². The van der Waals surface area contributed by atoms with Crippen LogP contribution >= 0.6 is 11.8 Å². The number of benzene rings is 1. The molecule has 108 valence electrons. The second kappa shape index (κ2) is 5.45. The fourth-order valence-corrected chi connectivity index (χ4v) is 5.30. The number of nitrogens with zero attached hydrogens (tertiary/aromatic N) is 1. The van der Waals surface area contributed by atoms with Gasteiger partial charge in [-0.15, -0.1) is 11.8 Å². The first-order valence-corrected chi connectivity index (χ1v) is 8.65. The molecule has 1 aliphatic heterocycles. The summed E-state index contributed by atoms with van der Waals surface area (Å²) in [6, 6.07) is 3.14. The molecule has 0 aromatic heterocycles. The summed E-state index contributed by atoms with van der Waals surface area (Å²) in [7, 11) is -3.34. The summed E-state index contributed by atoms with van der Waals surface area (Å²) in [6.45, 7) is 1.88. The Hall–Kier alpha value is -1.54. The van der Waals surface area contributed by atoms with E-state index >= 15 is 0 Å². The minimum absolute atomic E-state index is 0.0755. The number of hydrogen-bond acceptors (Lipinski definition) is 4. The minimum atomic E-state index is -3.34. The number of carbonyl (C=O) groups excluding carboxylic acids is 1. The van der Waals surface area contributed by atoms with Crippen molar-refractivity contribution in [3.63, 3.8) is 0 Å². The Balaban J connectivity index is 2.64. The zero-order valence-corrected chi connectivity index (χ0v) is 12.6. The van der Waals surface area contributed by atoms with Crippen molar-refractivity contribution in [1.29, 1.82) is 0 Å². The van der Waals surface area contributed by atoms with Gasteiger partial charge in [-0.1, -0.05) is 6.92 Å². The minimum Gasteiger partial charge on any atom is -0.370 e. The first kappa shape index (κ1) is 14.9. The third-order valence-electron chi connectivity index (χ3n) is 2.96. The highest BCUT2D eigenvalue weighted by Gasteiger charge is 2.27. The van der Waals surface area contributed by atoms with Crippen LogP contribution in [0.1, 0.15) is 22.8 Å². The zero-order valence-electron chi connectivity index (χ0n) is 10.9. The first-order chi connectivity index (χ1) is 9.35. The van der Waals surface area contributed by atoms with Gasteiger partial charge in [0.15, 0.2) is 15.8 Å². The Morgan fingerprint density at radius 3 is 2.70 bits per heavy atom. The predicted octanol–water partition coefficient (Wildman–Crippen LogP) is 0.542. The van der Waals surface area contributed by atoms with Crippen molar-refractivity contribution < 1.29 is 13.2 Å². The van der Waals surface area contributed by atoms with E-state index in [-0.39, 0.29) is 22.2 Å². The fraction of sp³-hybridized carbons (Fsp3) is 0.333. The molecule has 1 aromatic carbocycles. The third kappa shape index (κ3) is 2.80. The van der Waals surface area contributed by atoms with E-state index in [1.165, 1.54) is 17.8 Å². The van der Waals surface area contributed by atoms with Gasteiger partial charge in [-0.05, 0) is 24.1 Å². The SMILES string of the molecule is CCc1cc2c(cc1C(=O)N=C(N)N)S(=O)(=O)CCS2. The Kier molecular flexibility index (Phi) is 4.05. The second-order valence-corrected chi connectivity index (χ2v) is 7.53. The van der Waals surface area contributed by atoms with Gasteiger partial charge in [0.05, 0.1) is 10.6 Å². The lowest BCUT2D eigenvalue weighted by molar-refractivity contribution is 0.100. The molecule has 1 amide bonds. The number of nitrogens with two attached hydrogens (primary N) is 2. The maximum atomic E-state index is 12.1. The lowest BCUT2D eigenvalue weighted by atomic mass is 10.0. The van der Waals surface area contributed by atoms with Crippen molar-refractivity contribution in [1.82, 2.24) is 0 Å². The Morgan fingerprint density at radius 1 is 1.40 bits per heavy atom. The summed E-state index contributed by atoms with van der Waals surface area (Å²) >= 11 is 1.48. The summed E-state index contributed by atoms with van der Waals surface area (Å²) in [5, 5.41) is 0. The average Bonchev–Trinajstić information content (AvgIpc) is 2.36. The average molecular weight is 313 g/mol. The van der Waals surface area contributed by atoms with Gasteiger partial charge in [0.25, 0.3) is 5.91 Å². The van der Waals surface area contributed by atoms with Crippen LogP contribution in [-0.2, 0) is 16.3 Å². The van der Waals surface area contributed by atoms with Gasteiger partial charge in [-0.2, -0.15) is 4.99 Å². The second-order valence-electron chi connectivity index (χ2n) is 4.32. The quantitative estimate of drug-likeness (QED) is 0.608. The highest BCUT2D eigenvalue weighted by Crippen LogP contribution is 2.35. The van der Waals surface area contributed by atoms with Crippen LogP contribution in [0.15, 0.2) is 26.9 Å². The molecule has 0 bridgehead atoms. The molecule has 20 heavy (non-hydrogen) atoms. The molecule has 8 heteroatoms. The van der Waals surface area contributed by atoms with E-state index in [9.17, 15) is 13.2 Å². The highest BCUT2D eigenvalue weighted by molar-refractivity contribution is 8.02. The fourth-order valence-electron chi connectivity index (χ4n) is 2.00. The van der Waals surface area contributed by atoms with Gasteiger partial charge in [0.2, 0.25) is 0 Å². The van der Waals surface area contributed by atoms with Crippen molar-refractivity contribution in [2.45, 2.75) is 23.1 Å². The lowest BCUT2D eigenvalue weighted by Crippen LogP contribution is -2.24. The molecule has 1 aromatic rings. The molecular formula is C12H15N3O3S2. The van der Waals surface area contributed by atoms with Crippen molar-refractivity contribution in [2.24, 2.45) is 16.5 Å². The van der Waals surface area contributed by atoms with E-state index in [0.29, 0.717) is 17.1 Å². The molecule has 1 aliphatic rings. The number of guanidine groups is 1. The summed E-state index contributed by atoms with van der Waals surface area (Å²) in [5.74, 6) is -0.353. The van der Waals surface area contributed by atoms with E-state index in [1.54, 1.807) is 6.07 Å². The van der Waals surface area contributed by atoms with E-state index in [1.807, 2.05) is 6.92 Å². The number of thioether (sulfide) groups is 1. The predicted molar refractivity (Wildman–Crippen MR) is 78.7 cm³/mol. The topological polar surface area (TPSA) is 116 Å². The molecule has 2 rings (SSSR count). The first-order valence-electron chi connectivity index (χ1n) is 6.01. The molecule has 0 spiro atoms. The van der Waals surface area contributed by atoms with Crippen LogP contribution in [-0.4, -0.2) is 31.8 Å². The van der Waals surface area contributed by atoms with Crippen molar-refractivity contribution in [2.75, 3.05) is 11.5 Å². The molecule has 4 N–H and O–H groups in total. The van der Waals surface area contributed by atoms with Gasteiger partial charge in [-0.25, -0.2) is 8.42 Å². The zero-order chi connectivity index (χ0) is 14.9. The molecule has 0 aliphatic carbocycles. The maximum Gasteiger partial charge on any atom is 0.280 e. The number of hydrogen-bond donors (Lipinski definition) is 2. The smallest absolute Gasteiger partial charge is 0.280 e. The molecule has 0 radical (unpaired) electrons. The summed E-state index contributed by atoms with van der Waals surface area (Å²) in [5.41, 5.74) is 11.4. The Bertz CT molecular complexity index is 692. The molecule has 0 unspecified atom stereocenters. The van der Waals surface area contributed by atoms with Crippen molar-refractivity contribution in [3.05, 3.63) is 23.3 Å². The third-order valence-corrected chi connectivity index (χ3v) is 6.15. The molecular weight excluding hydrogens is 298 g/mol. The molecule has 0 saturated heterocycles. The molecule has 0 saturated carbocycles. The largest absolute Gasteiger partial charge is 0.370 e. The summed E-state index contributed by atoms with van der Waals surface area (Å²) < 4.78 is 24.1. The molecule has 1 heterocycles. The van der Waals surface area contributed by atoms with Gasteiger partial charge in [-0.3, -0.25) is 4.79 Å². The van der Waals surface area contributed by atoms with Crippen LogP contribution in [0.25, 0.3) is 0 Å². The van der Waals surface area contributed by atoms with E-state index in [2.05, 4.69) is 4.99 Å². The van der Waals surface area contributed by atoms with Crippen LogP contribution in [0.3, 0.4) is 0 Å². The monoisotopic (exact) mass is 313 g/mol. The van der Waals surface area contributed by atoms with Crippen molar-refractivity contribution >= 4 is 33.5 Å². The maximum absolute atomic E-state index is 12.1. The van der Waals surface area contributed by atoms with Crippen LogP contribution < -0.4 is 11.5 Å². The lowest BCUT2D eigenvalue weighted by Gasteiger charge is -2.18. The number of aryl methyl sites for hydroxylation is 1. The van der Waals surface area contributed by atoms with Crippen LogP contribution in [0, 0.1) is 0 Å². The van der Waals surface area contributed by atoms with Gasteiger partial charge >= 0.3 is 0 Å². The molecule has 6 nitrogen and oxygen atoms in total. The number of amides is 1. The number of sulfone groups is 1.